The van der Waals surface area contributed by atoms with Gasteiger partial charge in [0.2, 0.25) is 0 Å². The van der Waals surface area contributed by atoms with Crippen LogP contribution in [0.1, 0.15) is 84.2 Å². The molecule has 3 heterocycles. The Morgan fingerprint density at radius 3 is 2.00 bits per heavy atom. The minimum absolute atomic E-state index is 0.0262. The quantitative estimate of drug-likeness (QED) is 0.295. The van der Waals surface area contributed by atoms with Crippen molar-refractivity contribution in [2.45, 2.75) is 122 Å². The van der Waals surface area contributed by atoms with Gasteiger partial charge in [-0.1, -0.05) is 13.8 Å². The van der Waals surface area contributed by atoms with Crippen LogP contribution in [0.2, 0.25) is 0 Å². The van der Waals surface area contributed by atoms with Crippen LogP contribution in [0.3, 0.4) is 0 Å². The van der Waals surface area contributed by atoms with Crippen molar-refractivity contribution in [3.63, 3.8) is 0 Å². The lowest BCUT2D eigenvalue weighted by atomic mass is 9.45. The molecule has 4 bridgehead atoms. The van der Waals surface area contributed by atoms with Crippen LogP contribution >= 0.6 is 0 Å². The number of ether oxygens (including phenoxy) is 8. The van der Waals surface area contributed by atoms with E-state index in [9.17, 15) is 43.8 Å². The van der Waals surface area contributed by atoms with Gasteiger partial charge < -0.3 is 48.1 Å². The molecule has 1 spiro atoms. The maximum absolute atomic E-state index is 14.1. The molecule has 4 aliphatic rings. The van der Waals surface area contributed by atoms with E-state index in [1.807, 2.05) is 0 Å². The fraction of sp³-hybridized carbons (Fsp3) is 0.667. The van der Waals surface area contributed by atoms with Crippen molar-refractivity contribution in [2.24, 2.45) is 17.3 Å². The largest absolute Gasteiger partial charge is 0.465 e. The fourth-order valence-corrected chi connectivity index (χ4v) is 9.02. The maximum atomic E-state index is 14.1. The summed E-state index contributed by atoms with van der Waals surface area (Å²) in [4.78, 5) is 96.7. The summed E-state index contributed by atoms with van der Waals surface area (Å²) in [5.74, 6) is -10.3. The first-order chi connectivity index (χ1) is 25.1. The van der Waals surface area contributed by atoms with Crippen LogP contribution in [0.15, 0.2) is 18.5 Å². The number of hydrogen-bond donors (Lipinski definition) is 2. The number of aliphatic hydroxyl groups excluding tert-OH is 1. The summed E-state index contributed by atoms with van der Waals surface area (Å²) in [5, 5.41) is 25.4. The summed E-state index contributed by atoms with van der Waals surface area (Å²) < 4.78 is 47.8. The van der Waals surface area contributed by atoms with Crippen molar-refractivity contribution < 1.29 is 81.7 Å². The summed E-state index contributed by atoms with van der Waals surface area (Å²) in [7, 11) is 0. The number of rotatable bonds is 6. The molecule has 2 N–H and O–H groups in total. The summed E-state index contributed by atoms with van der Waals surface area (Å²) in [6.45, 7) is 8.85. The second-order valence-corrected chi connectivity index (χ2v) is 14.8. The molecule has 5 rings (SSSR count). The molecule has 0 radical (unpaired) electrons. The topological polar surface area (TPSA) is 247 Å². The first kappa shape index (κ1) is 40.5. The first-order valence-corrected chi connectivity index (χ1v) is 17.3. The van der Waals surface area contributed by atoms with Gasteiger partial charge >= 0.3 is 41.8 Å². The van der Waals surface area contributed by atoms with Gasteiger partial charge in [0, 0.05) is 47.0 Å². The zero-order chi connectivity index (χ0) is 40.3. The Balaban J connectivity index is 1.96. The van der Waals surface area contributed by atoms with Gasteiger partial charge in [0.1, 0.15) is 54.2 Å². The number of carbonyl (C=O) groups is 7. The van der Waals surface area contributed by atoms with Gasteiger partial charge in [0.15, 0.2) is 17.8 Å². The van der Waals surface area contributed by atoms with E-state index in [4.69, 9.17) is 37.9 Å². The molecule has 2 aliphatic heterocycles. The van der Waals surface area contributed by atoms with E-state index in [1.165, 1.54) is 32.3 Å². The molecule has 1 saturated heterocycles. The Morgan fingerprint density at radius 2 is 1.43 bits per heavy atom. The Labute approximate surface area is 310 Å². The number of cyclic esters (lactones) is 1. The number of esters is 7. The predicted molar refractivity (Wildman–Crippen MR) is 176 cm³/mol. The molecular weight excluding hydrogens is 718 g/mol. The number of nitrogens with zero attached hydrogens (tertiary/aromatic N) is 1. The average Bonchev–Trinajstić information content (AvgIpc) is 3.29. The molecule has 2 saturated carbocycles. The highest BCUT2D eigenvalue weighted by atomic mass is 16.7. The van der Waals surface area contributed by atoms with Crippen LogP contribution in [0.5, 0.6) is 0 Å². The van der Waals surface area contributed by atoms with Crippen molar-refractivity contribution in [1.82, 2.24) is 4.98 Å². The van der Waals surface area contributed by atoms with Gasteiger partial charge in [-0.3, -0.25) is 33.8 Å². The van der Waals surface area contributed by atoms with Crippen LogP contribution in [0, 0.1) is 17.3 Å². The molecule has 18 heteroatoms. The number of hydrogen-bond acceptors (Lipinski definition) is 18. The third-order valence-electron chi connectivity index (χ3n) is 11.2. The van der Waals surface area contributed by atoms with Gasteiger partial charge in [-0.25, -0.2) is 4.79 Å². The van der Waals surface area contributed by atoms with Gasteiger partial charge in [0.25, 0.3) is 0 Å². The first-order valence-electron chi connectivity index (χ1n) is 17.3. The molecule has 1 aromatic rings. The van der Waals surface area contributed by atoms with Gasteiger partial charge in [-0.2, -0.15) is 0 Å². The van der Waals surface area contributed by atoms with Crippen molar-refractivity contribution in [3.8, 4) is 0 Å². The lowest BCUT2D eigenvalue weighted by Crippen LogP contribution is -2.89. The molecule has 2 aliphatic carbocycles. The normalized spacial score (nSPS) is 39.8. The smallest absolute Gasteiger partial charge is 0.340 e. The zero-order valence-electron chi connectivity index (χ0n) is 31.3. The molecule has 0 amide bonds. The maximum Gasteiger partial charge on any atom is 0.340 e. The monoisotopic (exact) mass is 763 g/mol. The van der Waals surface area contributed by atoms with E-state index in [-0.39, 0.29) is 5.56 Å². The summed E-state index contributed by atoms with van der Waals surface area (Å²) in [5.41, 5.74) is -9.71. The Bertz CT molecular complexity index is 1740. The van der Waals surface area contributed by atoms with Crippen molar-refractivity contribution in [1.29, 1.82) is 0 Å². The molecule has 296 valence electrons. The highest BCUT2D eigenvalue weighted by Gasteiger charge is 2.91. The molecule has 3 fully saturated rings. The Hall–Kier alpha value is -4.68. The van der Waals surface area contributed by atoms with Gasteiger partial charge in [-0.15, -0.1) is 0 Å². The van der Waals surface area contributed by atoms with E-state index in [2.05, 4.69) is 4.98 Å². The summed E-state index contributed by atoms with van der Waals surface area (Å²) >= 11 is 0. The molecular formula is C36H45NO17. The minimum Gasteiger partial charge on any atom is -0.465 e. The number of carbonyl (C=O) groups excluding carboxylic acids is 7. The molecule has 54 heavy (non-hydrogen) atoms. The number of pyridine rings is 1. The standard InChI is InChI=1S/C36H45NO17/c1-15-16(2)31(44)53-28-25(43)29(51-20(6)41)35(14-47-17(3)38)30(52-21(7)42)26(49-18(4)39)24-27(50-19(5)40)36(35,34(28,9)46)54-33(24,8)13-48-32(45)23-12-37-11-10-22(15)23/h10-12,15-16,24-30,43,46H,13-14H2,1-9H3. The Kier molecular flexibility index (Phi) is 10.6. The highest BCUT2D eigenvalue weighted by Crippen LogP contribution is 2.70. The van der Waals surface area contributed by atoms with Crippen molar-refractivity contribution >= 4 is 41.8 Å². The Morgan fingerprint density at radius 1 is 0.852 bits per heavy atom. The van der Waals surface area contributed by atoms with E-state index >= 15 is 0 Å². The highest BCUT2D eigenvalue weighted by molar-refractivity contribution is 5.91. The zero-order valence-corrected chi connectivity index (χ0v) is 31.3. The molecule has 18 nitrogen and oxygen atoms in total. The lowest BCUT2D eigenvalue weighted by molar-refractivity contribution is -0.386. The molecule has 13 atom stereocenters. The third kappa shape index (κ3) is 6.17. The number of fused-ring (bicyclic) bond motifs is 5. The van der Waals surface area contributed by atoms with E-state index < -0.39 is 132 Å². The SMILES string of the molecule is CC(=O)OCC12C(OC(C)=O)C(O)C3OC(=O)C(C)C(C)c4ccncc4C(=O)OCC4(C)OC1(C(OC(C)=O)C4C(OC(C)=O)C2OC(C)=O)C3(C)O. The van der Waals surface area contributed by atoms with Gasteiger partial charge in [0.05, 0.1) is 17.4 Å². The van der Waals surface area contributed by atoms with Gasteiger partial charge in [-0.05, 0) is 31.4 Å². The van der Waals surface area contributed by atoms with Crippen LogP contribution in [0.4, 0.5) is 0 Å². The summed E-state index contributed by atoms with van der Waals surface area (Å²) in [6, 6.07) is 1.51. The van der Waals surface area contributed by atoms with E-state index in [0.29, 0.717) is 5.56 Å². The van der Waals surface area contributed by atoms with Crippen molar-refractivity contribution in [2.75, 3.05) is 13.2 Å². The van der Waals surface area contributed by atoms with E-state index in [0.717, 1.165) is 41.5 Å². The summed E-state index contributed by atoms with van der Waals surface area (Å²) in [6.07, 6.45) is -9.35. The van der Waals surface area contributed by atoms with Crippen LogP contribution in [0.25, 0.3) is 0 Å². The van der Waals surface area contributed by atoms with Crippen LogP contribution in [-0.4, -0.2) is 124 Å². The number of aliphatic hydroxyl groups is 2. The number of aromatic nitrogens is 1. The minimum atomic E-state index is -2.77. The second-order valence-electron chi connectivity index (χ2n) is 14.8. The van der Waals surface area contributed by atoms with Crippen molar-refractivity contribution in [3.05, 3.63) is 29.6 Å². The third-order valence-corrected chi connectivity index (χ3v) is 11.2. The molecule has 0 aromatic carbocycles. The predicted octanol–water partition coefficient (Wildman–Crippen LogP) is 0.463. The second kappa shape index (κ2) is 14.2. The van der Waals surface area contributed by atoms with Crippen LogP contribution < -0.4 is 0 Å². The fourth-order valence-electron chi connectivity index (χ4n) is 9.02. The van der Waals surface area contributed by atoms with E-state index in [1.54, 1.807) is 6.92 Å². The molecule has 13 unspecified atom stereocenters. The van der Waals surface area contributed by atoms with Crippen LogP contribution in [-0.2, 0) is 66.7 Å². The lowest BCUT2D eigenvalue weighted by Gasteiger charge is -2.67. The molecule has 1 aromatic heterocycles. The average molecular weight is 764 g/mol.